The normalized spacial score (nSPS) is 28.8. The van der Waals surface area contributed by atoms with E-state index in [-0.39, 0.29) is 5.92 Å². The fraction of sp³-hybridized carbons (Fsp3) is 0.227. The van der Waals surface area contributed by atoms with Gasteiger partial charge >= 0.3 is 0 Å². The number of hydrogen-bond donors (Lipinski definition) is 3. The molecule has 1 saturated heterocycles. The molecule has 3 N–H and O–H groups in total. The molecule has 0 aliphatic carbocycles. The molecule has 0 spiro atoms. The second-order valence-electron chi connectivity index (χ2n) is 6.98. The number of thiophene rings is 1. The fourth-order valence-corrected chi connectivity index (χ4v) is 5.02. The van der Waals surface area contributed by atoms with Crippen LogP contribution in [0, 0.1) is 28.7 Å². The van der Waals surface area contributed by atoms with Crippen LogP contribution in [0.25, 0.3) is 0 Å². The Labute approximate surface area is 173 Å². The summed E-state index contributed by atoms with van der Waals surface area (Å²) in [5, 5.41) is 39.1. The molecule has 5 atom stereocenters. The van der Waals surface area contributed by atoms with Crippen molar-refractivity contribution in [2.24, 2.45) is 5.92 Å². The Hall–Kier alpha value is -3.23. The van der Waals surface area contributed by atoms with Gasteiger partial charge in [-0.1, -0.05) is 42.5 Å². The molecule has 1 unspecified atom stereocenters. The summed E-state index contributed by atoms with van der Waals surface area (Å²) in [6, 6.07) is 21.0. The van der Waals surface area contributed by atoms with Gasteiger partial charge in [0.05, 0.1) is 22.8 Å². The summed E-state index contributed by atoms with van der Waals surface area (Å²) in [5.74, 6) is -0.956. The standard InChI is InChI=1S/C22H20N5OS/c23-14-17-19(16-8-3-1-4-9-16)20(27-11-5-2-6-12-27)22(28,18-10-7-13-29-18)26-21(17)25-15-24/h1-13,17,19-21,25-26,28H/q+1/t17-,19-,20+,21?,22+/m0/s1. The van der Waals surface area contributed by atoms with Crippen molar-refractivity contribution in [1.82, 2.24) is 10.6 Å². The molecule has 3 heterocycles. The lowest BCUT2D eigenvalue weighted by atomic mass is 9.71. The van der Waals surface area contributed by atoms with E-state index < -0.39 is 23.9 Å². The van der Waals surface area contributed by atoms with Crippen LogP contribution in [0.3, 0.4) is 0 Å². The average molecular weight is 403 g/mol. The predicted octanol–water partition coefficient (Wildman–Crippen LogP) is 2.35. The van der Waals surface area contributed by atoms with Crippen LogP contribution in [0.15, 0.2) is 78.4 Å². The van der Waals surface area contributed by atoms with Crippen LogP contribution < -0.4 is 15.2 Å². The van der Waals surface area contributed by atoms with Gasteiger partial charge in [0.15, 0.2) is 18.6 Å². The smallest absolute Gasteiger partial charge is 0.217 e. The van der Waals surface area contributed by atoms with E-state index in [1.54, 1.807) is 0 Å². The first-order chi connectivity index (χ1) is 14.2. The number of rotatable bonds is 4. The highest BCUT2D eigenvalue weighted by Crippen LogP contribution is 2.47. The van der Waals surface area contributed by atoms with Crippen molar-refractivity contribution < 1.29 is 9.67 Å². The van der Waals surface area contributed by atoms with E-state index >= 15 is 0 Å². The van der Waals surface area contributed by atoms with Gasteiger partial charge in [0.2, 0.25) is 11.8 Å². The van der Waals surface area contributed by atoms with E-state index in [9.17, 15) is 15.6 Å². The van der Waals surface area contributed by atoms with Gasteiger partial charge in [0.1, 0.15) is 6.17 Å². The minimum atomic E-state index is -1.48. The Morgan fingerprint density at radius 2 is 1.76 bits per heavy atom. The molecule has 6 nitrogen and oxygen atoms in total. The number of aliphatic hydroxyl groups is 1. The summed E-state index contributed by atoms with van der Waals surface area (Å²) >= 11 is 1.43. The highest BCUT2D eigenvalue weighted by atomic mass is 32.1. The van der Waals surface area contributed by atoms with Crippen molar-refractivity contribution in [3.05, 3.63) is 88.9 Å². The second-order valence-corrected chi connectivity index (χ2v) is 7.93. The summed E-state index contributed by atoms with van der Waals surface area (Å²) in [6.45, 7) is 0. The summed E-state index contributed by atoms with van der Waals surface area (Å²) in [7, 11) is 0. The van der Waals surface area contributed by atoms with Crippen LogP contribution in [-0.4, -0.2) is 11.3 Å². The zero-order valence-electron chi connectivity index (χ0n) is 15.5. The molecule has 29 heavy (non-hydrogen) atoms. The van der Waals surface area contributed by atoms with E-state index in [1.165, 1.54) is 11.3 Å². The third kappa shape index (κ3) is 3.37. The highest BCUT2D eigenvalue weighted by Gasteiger charge is 2.59. The number of nitrogens with zero attached hydrogens (tertiary/aromatic N) is 3. The molecule has 1 aliphatic heterocycles. The number of benzene rings is 1. The zero-order chi connectivity index (χ0) is 20.3. The number of nitriles is 2. The van der Waals surface area contributed by atoms with Gasteiger partial charge < -0.3 is 10.4 Å². The first-order valence-electron chi connectivity index (χ1n) is 9.28. The third-order valence-corrected chi connectivity index (χ3v) is 6.39. The molecule has 1 aromatic carbocycles. The van der Waals surface area contributed by atoms with Gasteiger partial charge in [0, 0.05) is 12.1 Å². The number of hydrogen-bond acceptors (Lipinski definition) is 6. The second kappa shape index (κ2) is 8.02. The van der Waals surface area contributed by atoms with Gasteiger partial charge in [-0.2, -0.15) is 15.1 Å². The van der Waals surface area contributed by atoms with Gasteiger partial charge in [-0.3, -0.25) is 5.32 Å². The van der Waals surface area contributed by atoms with Crippen LogP contribution in [0.4, 0.5) is 0 Å². The minimum absolute atomic E-state index is 0.368. The molecule has 0 amide bonds. The van der Waals surface area contributed by atoms with E-state index in [2.05, 4.69) is 16.7 Å². The quantitative estimate of drug-likeness (QED) is 0.354. The van der Waals surface area contributed by atoms with Gasteiger partial charge in [-0.05, 0) is 17.0 Å². The van der Waals surface area contributed by atoms with Crippen molar-refractivity contribution in [2.45, 2.75) is 23.9 Å². The fourth-order valence-electron chi connectivity index (χ4n) is 4.20. The molecule has 4 rings (SSSR count). The molecule has 1 aliphatic rings. The Bertz CT molecular complexity index is 1030. The molecule has 0 radical (unpaired) electrons. The summed E-state index contributed by atoms with van der Waals surface area (Å²) in [5.41, 5.74) is -0.552. The number of nitrogens with one attached hydrogen (secondary N) is 2. The van der Waals surface area contributed by atoms with Crippen LogP contribution >= 0.6 is 11.3 Å². The molecule has 0 saturated carbocycles. The van der Waals surface area contributed by atoms with Crippen molar-refractivity contribution in [2.75, 3.05) is 0 Å². The summed E-state index contributed by atoms with van der Waals surface area (Å²) in [4.78, 5) is 0.723. The maximum atomic E-state index is 12.0. The van der Waals surface area contributed by atoms with E-state index in [4.69, 9.17) is 0 Å². The Balaban J connectivity index is 1.96. The molecule has 1 fully saturated rings. The first-order valence-corrected chi connectivity index (χ1v) is 10.2. The lowest BCUT2D eigenvalue weighted by Crippen LogP contribution is -2.70. The molecular weight excluding hydrogens is 382 g/mol. The molecule has 0 bridgehead atoms. The average Bonchev–Trinajstić information content (AvgIpc) is 3.31. The maximum absolute atomic E-state index is 12.0. The Kier molecular flexibility index (Phi) is 5.28. The maximum Gasteiger partial charge on any atom is 0.217 e. The molecule has 2 aromatic heterocycles. The third-order valence-electron chi connectivity index (χ3n) is 5.40. The number of aromatic nitrogens is 1. The van der Waals surface area contributed by atoms with Crippen LogP contribution in [0.2, 0.25) is 0 Å². The molecule has 7 heteroatoms. The number of piperidine rings is 1. The summed E-state index contributed by atoms with van der Waals surface area (Å²) in [6.07, 6.45) is 5.02. The van der Waals surface area contributed by atoms with E-state index in [1.807, 2.05) is 89.2 Å². The molecule has 144 valence electrons. The zero-order valence-corrected chi connectivity index (χ0v) is 16.3. The lowest BCUT2D eigenvalue weighted by Gasteiger charge is -2.46. The topological polar surface area (TPSA) is 95.8 Å². The van der Waals surface area contributed by atoms with Gasteiger partial charge in [0.25, 0.3) is 0 Å². The minimum Gasteiger partial charge on any atom is -0.365 e. The molecular formula is C22H20N5OS+. The van der Waals surface area contributed by atoms with Crippen molar-refractivity contribution >= 4 is 11.3 Å². The van der Waals surface area contributed by atoms with Crippen LogP contribution in [-0.2, 0) is 5.72 Å². The largest absolute Gasteiger partial charge is 0.365 e. The SMILES string of the molecule is N#CNC1N[C@@](O)(c2cccs2)[C@H]([n+]2ccccc2)[C@@H](c2ccccc2)[C@@H]1C#N. The first kappa shape index (κ1) is 19.1. The van der Waals surface area contributed by atoms with Gasteiger partial charge in [-0.25, -0.2) is 0 Å². The summed E-state index contributed by atoms with van der Waals surface area (Å²) < 4.78 is 1.94. The van der Waals surface area contributed by atoms with E-state index in [0.717, 1.165) is 10.4 Å². The van der Waals surface area contributed by atoms with Crippen molar-refractivity contribution in [1.29, 1.82) is 10.5 Å². The van der Waals surface area contributed by atoms with E-state index in [0.29, 0.717) is 0 Å². The molecule has 3 aromatic rings. The Morgan fingerprint density at radius 1 is 1.03 bits per heavy atom. The van der Waals surface area contributed by atoms with Crippen molar-refractivity contribution in [3.8, 4) is 12.3 Å². The van der Waals surface area contributed by atoms with Crippen LogP contribution in [0.5, 0.6) is 0 Å². The monoisotopic (exact) mass is 402 g/mol. The van der Waals surface area contributed by atoms with Gasteiger partial charge in [-0.15, -0.1) is 11.3 Å². The van der Waals surface area contributed by atoms with Crippen LogP contribution in [0.1, 0.15) is 22.4 Å². The lowest BCUT2D eigenvalue weighted by molar-refractivity contribution is -0.747. The van der Waals surface area contributed by atoms with Crippen molar-refractivity contribution in [3.63, 3.8) is 0 Å². The predicted molar refractivity (Wildman–Crippen MR) is 108 cm³/mol. The number of pyridine rings is 1. The Morgan fingerprint density at radius 3 is 2.38 bits per heavy atom. The highest BCUT2D eigenvalue weighted by molar-refractivity contribution is 7.10.